The van der Waals surface area contributed by atoms with Gasteiger partial charge in [-0.1, -0.05) is 0 Å². The van der Waals surface area contributed by atoms with Gasteiger partial charge in [-0.05, 0) is 31.0 Å². The average Bonchev–Trinajstić information content (AvgIpc) is 3.10. The Balaban J connectivity index is 1.87. The maximum Gasteiger partial charge on any atom is 0.573 e. The molecule has 2 aromatic rings. The Morgan fingerprint density at radius 1 is 1.29 bits per heavy atom. The zero-order valence-corrected chi connectivity index (χ0v) is 12.3. The number of H-pyrrole nitrogens is 1. The van der Waals surface area contributed by atoms with Gasteiger partial charge in [0, 0.05) is 23.5 Å². The fourth-order valence-corrected chi connectivity index (χ4v) is 2.84. The van der Waals surface area contributed by atoms with Crippen molar-refractivity contribution >= 4 is 22.8 Å². The van der Waals surface area contributed by atoms with Crippen molar-refractivity contribution in [1.82, 2.24) is 9.88 Å². The molecule has 1 atom stereocenters. The molecule has 1 saturated heterocycles. The lowest BCUT2D eigenvalue weighted by Gasteiger charge is -2.20. The van der Waals surface area contributed by atoms with E-state index < -0.39 is 30.0 Å². The summed E-state index contributed by atoms with van der Waals surface area (Å²) >= 11 is 0. The van der Waals surface area contributed by atoms with E-state index in [1.807, 2.05) is 0 Å². The van der Waals surface area contributed by atoms with Crippen LogP contribution in [0.25, 0.3) is 10.9 Å². The summed E-state index contributed by atoms with van der Waals surface area (Å²) in [5, 5.41) is 9.66. The summed E-state index contributed by atoms with van der Waals surface area (Å²) in [4.78, 5) is 27.6. The molecular formula is C15H13F3N2O4. The zero-order valence-electron chi connectivity index (χ0n) is 12.3. The second kappa shape index (κ2) is 5.73. The van der Waals surface area contributed by atoms with Crippen LogP contribution >= 0.6 is 0 Å². The first-order chi connectivity index (χ1) is 11.2. The number of carbonyl (C=O) groups is 2. The third-order valence-electron chi connectivity index (χ3n) is 3.86. The fraction of sp³-hybridized carbons (Fsp3) is 0.333. The Morgan fingerprint density at radius 2 is 2.04 bits per heavy atom. The number of aromatic nitrogens is 1. The van der Waals surface area contributed by atoms with Gasteiger partial charge >= 0.3 is 12.3 Å². The van der Waals surface area contributed by atoms with E-state index in [1.54, 1.807) is 0 Å². The van der Waals surface area contributed by atoms with Gasteiger partial charge in [-0.3, -0.25) is 4.79 Å². The van der Waals surface area contributed by atoms with Gasteiger partial charge in [-0.25, -0.2) is 4.79 Å². The molecular weight excluding hydrogens is 329 g/mol. The molecule has 128 valence electrons. The van der Waals surface area contributed by atoms with E-state index in [-0.39, 0.29) is 5.69 Å². The number of ether oxygens (including phenoxy) is 1. The van der Waals surface area contributed by atoms with Crippen molar-refractivity contribution in [3.63, 3.8) is 0 Å². The number of nitrogens with one attached hydrogen (secondary N) is 1. The Bertz CT molecular complexity index is 800. The first-order valence-corrected chi connectivity index (χ1v) is 7.17. The van der Waals surface area contributed by atoms with Gasteiger partial charge in [0.15, 0.2) is 0 Å². The van der Waals surface area contributed by atoms with Gasteiger partial charge < -0.3 is 19.7 Å². The number of fused-ring (bicyclic) bond motifs is 1. The second-order valence-electron chi connectivity index (χ2n) is 5.47. The lowest BCUT2D eigenvalue weighted by atomic mass is 10.2. The van der Waals surface area contributed by atoms with Gasteiger partial charge in [0.1, 0.15) is 17.5 Å². The first kappa shape index (κ1) is 16.2. The van der Waals surface area contributed by atoms with Crippen molar-refractivity contribution in [2.24, 2.45) is 0 Å². The molecule has 1 aromatic carbocycles. The van der Waals surface area contributed by atoms with E-state index in [2.05, 4.69) is 9.72 Å². The molecule has 0 saturated carbocycles. The summed E-state index contributed by atoms with van der Waals surface area (Å²) in [5.41, 5.74) is 0.425. The van der Waals surface area contributed by atoms with Crippen LogP contribution in [0.15, 0.2) is 24.3 Å². The van der Waals surface area contributed by atoms with Gasteiger partial charge in [0.25, 0.3) is 5.91 Å². The molecule has 24 heavy (non-hydrogen) atoms. The number of alkyl halides is 3. The maximum absolute atomic E-state index is 12.5. The zero-order chi connectivity index (χ0) is 17.5. The molecule has 0 spiro atoms. The number of halogens is 3. The Labute approximate surface area is 133 Å². The number of nitrogens with zero attached hydrogens (tertiary/aromatic N) is 1. The van der Waals surface area contributed by atoms with Crippen molar-refractivity contribution in [2.45, 2.75) is 25.2 Å². The molecule has 0 bridgehead atoms. The largest absolute Gasteiger partial charge is 0.573 e. The van der Waals surface area contributed by atoms with Gasteiger partial charge in [0.2, 0.25) is 0 Å². The quantitative estimate of drug-likeness (QED) is 0.898. The number of carbonyl (C=O) groups excluding carboxylic acids is 1. The topological polar surface area (TPSA) is 82.6 Å². The monoisotopic (exact) mass is 342 g/mol. The number of carboxylic acids is 1. The Morgan fingerprint density at radius 3 is 2.71 bits per heavy atom. The van der Waals surface area contributed by atoms with Crippen molar-refractivity contribution in [3.8, 4) is 5.75 Å². The first-order valence-electron chi connectivity index (χ1n) is 7.17. The number of hydrogen-bond acceptors (Lipinski definition) is 3. The van der Waals surface area contributed by atoms with E-state index in [4.69, 9.17) is 5.11 Å². The number of aliphatic carboxylic acids is 1. The van der Waals surface area contributed by atoms with Crippen LogP contribution in [0.3, 0.4) is 0 Å². The van der Waals surface area contributed by atoms with E-state index in [9.17, 15) is 22.8 Å². The van der Waals surface area contributed by atoms with E-state index in [1.165, 1.54) is 17.0 Å². The number of rotatable bonds is 3. The van der Waals surface area contributed by atoms with Crippen LogP contribution in [0.4, 0.5) is 13.2 Å². The van der Waals surface area contributed by atoms with Gasteiger partial charge in [-0.2, -0.15) is 0 Å². The summed E-state index contributed by atoms with van der Waals surface area (Å²) < 4.78 is 40.6. The molecule has 1 aromatic heterocycles. The molecule has 6 nitrogen and oxygen atoms in total. The Hall–Kier alpha value is -2.71. The number of likely N-dealkylation sites (tertiary alicyclic amines) is 1. The van der Waals surface area contributed by atoms with Crippen LogP contribution in [-0.2, 0) is 4.79 Å². The van der Waals surface area contributed by atoms with E-state index >= 15 is 0 Å². The minimum Gasteiger partial charge on any atom is -0.480 e. The number of amides is 1. The van der Waals surface area contributed by atoms with Crippen LogP contribution in [-0.4, -0.2) is 45.8 Å². The highest BCUT2D eigenvalue weighted by molar-refractivity contribution is 6.00. The van der Waals surface area contributed by atoms with E-state index in [0.29, 0.717) is 30.3 Å². The normalized spacial score (nSPS) is 18.1. The molecule has 1 fully saturated rings. The average molecular weight is 342 g/mol. The number of hydrogen-bond donors (Lipinski definition) is 2. The minimum absolute atomic E-state index is 0.127. The minimum atomic E-state index is -4.80. The van der Waals surface area contributed by atoms with E-state index in [0.717, 1.165) is 12.1 Å². The molecule has 3 rings (SSSR count). The molecule has 2 N–H and O–H groups in total. The standard InChI is InChI=1S/C15H13F3N2O4/c16-15(17,18)24-9-4-3-8-6-11(19-10(8)7-9)13(21)20-5-1-2-12(20)14(22)23/h3-4,6-7,12,19H,1-2,5H2,(H,22,23)/t12-/m0/s1. The SMILES string of the molecule is O=C(O)[C@@H]1CCCN1C(=O)c1cc2ccc(OC(F)(F)F)cc2[nH]1. The smallest absolute Gasteiger partial charge is 0.480 e. The summed E-state index contributed by atoms with van der Waals surface area (Å²) in [6, 6.07) is 4.27. The van der Waals surface area contributed by atoms with Crippen molar-refractivity contribution < 1.29 is 32.6 Å². The predicted octanol–water partition coefficient (Wildman–Crippen LogP) is 2.76. The summed E-state index contributed by atoms with van der Waals surface area (Å²) in [6.07, 6.45) is -3.83. The maximum atomic E-state index is 12.5. The highest BCUT2D eigenvalue weighted by Crippen LogP contribution is 2.28. The molecule has 0 aliphatic carbocycles. The number of aromatic amines is 1. The predicted molar refractivity (Wildman–Crippen MR) is 76.7 cm³/mol. The molecule has 1 aliphatic heterocycles. The summed E-state index contributed by atoms with van der Waals surface area (Å²) in [6.45, 7) is 0.327. The van der Waals surface area contributed by atoms with Crippen LogP contribution in [0.5, 0.6) is 5.75 Å². The Kier molecular flexibility index (Phi) is 3.86. The highest BCUT2D eigenvalue weighted by atomic mass is 19.4. The van der Waals surface area contributed by atoms with Crippen molar-refractivity contribution in [2.75, 3.05) is 6.54 Å². The van der Waals surface area contributed by atoms with Crippen LogP contribution in [0.1, 0.15) is 23.3 Å². The summed E-state index contributed by atoms with van der Waals surface area (Å²) in [5.74, 6) is -1.97. The molecule has 1 aliphatic rings. The third-order valence-corrected chi connectivity index (χ3v) is 3.86. The van der Waals surface area contributed by atoms with Crippen LogP contribution in [0.2, 0.25) is 0 Å². The fourth-order valence-electron chi connectivity index (χ4n) is 2.84. The number of carboxylic acid groups (broad SMARTS) is 1. The molecule has 0 radical (unpaired) electrons. The summed E-state index contributed by atoms with van der Waals surface area (Å²) in [7, 11) is 0. The molecule has 2 heterocycles. The second-order valence-corrected chi connectivity index (χ2v) is 5.47. The van der Waals surface area contributed by atoms with Crippen LogP contribution < -0.4 is 4.74 Å². The van der Waals surface area contributed by atoms with Crippen LogP contribution in [0, 0.1) is 0 Å². The highest BCUT2D eigenvalue weighted by Gasteiger charge is 2.35. The lowest BCUT2D eigenvalue weighted by Crippen LogP contribution is -2.40. The molecule has 0 unspecified atom stereocenters. The van der Waals surface area contributed by atoms with Crippen molar-refractivity contribution in [3.05, 3.63) is 30.0 Å². The third kappa shape index (κ3) is 3.15. The number of benzene rings is 1. The molecule has 9 heteroatoms. The lowest BCUT2D eigenvalue weighted by molar-refractivity contribution is -0.274. The van der Waals surface area contributed by atoms with Gasteiger partial charge in [-0.15, -0.1) is 13.2 Å². The van der Waals surface area contributed by atoms with Gasteiger partial charge in [0.05, 0.1) is 0 Å². The van der Waals surface area contributed by atoms with Crippen molar-refractivity contribution in [1.29, 1.82) is 0 Å². The molecule has 1 amide bonds.